The van der Waals surface area contributed by atoms with Crippen LogP contribution in [0.25, 0.3) is 0 Å². The van der Waals surface area contributed by atoms with Crippen LogP contribution in [0.4, 0.5) is 0 Å². The van der Waals surface area contributed by atoms with Crippen LogP contribution in [0, 0.1) is 0 Å². The summed E-state index contributed by atoms with van der Waals surface area (Å²) in [5.41, 5.74) is 0.946. The standard InChI is InChI=1S/C20H22Cl2N2O5S/c1-3-24(12-15-7-5-4-6-8-15)19(25)13-29-20(26)14(2)23-30(27,28)16-9-10-17(21)18(22)11-16/h4-11,14,23H,3,12-13H2,1-2H3/t14-/m0/s1. The molecule has 0 unspecified atom stereocenters. The molecule has 0 heterocycles. The van der Waals surface area contributed by atoms with Crippen molar-refractivity contribution >= 4 is 45.1 Å². The topological polar surface area (TPSA) is 92.8 Å². The maximum atomic E-state index is 12.4. The second-order valence-electron chi connectivity index (χ2n) is 6.42. The summed E-state index contributed by atoms with van der Waals surface area (Å²) in [6.45, 7) is 3.47. The van der Waals surface area contributed by atoms with E-state index < -0.39 is 28.6 Å². The summed E-state index contributed by atoms with van der Waals surface area (Å²) in [6.07, 6.45) is 0. The highest BCUT2D eigenvalue weighted by Crippen LogP contribution is 2.24. The number of rotatable bonds is 9. The van der Waals surface area contributed by atoms with Crippen molar-refractivity contribution in [3.63, 3.8) is 0 Å². The van der Waals surface area contributed by atoms with Crippen molar-refractivity contribution in [2.45, 2.75) is 31.3 Å². The number of halogens is 2. The highest BCUT2D eigenvalue weighted by molar-refractivity contribution is 7.89. The molecule has 0 aliphatic carbocycles. The van der Waals surface area contributed by atoms with E-state index in [-0.39, 0.29) is 20.8 Å². The zero-order valence-electron chi connectivity index (χ0n) is 16.5. The third-order valence-electron chi connectivity index (χ3n) is 4.18. The van der Waals surface area contributed by atoms with Crippen LogP contribution < -0.4 is 4.72 Å². The molecule has 0 aliphatic heterocycles. The summed E-state index contributed by atoms with van der Waals surface area (Å²) >= 11 is 11.6. The Morgan fingerprint density at radius 1 is 1.10 bits per heavy atom. The first-order valence-corrected chi connectivity index (χ1v) is 11.3. The molecule has 0 fully saturated rings. The number of amides is 1. The van der Waals surface area contributed by atoms with Crippen LogP contribution in [-0.4, -0.2) is 44.4 Å². The highest BCUT2D eigenvalue weighted by Gasteiger charge is 2.25. The molecule has 0 saturated heterocycles. The Labute approximate surface area is 186 Å². The Morgan fingerprint density at radius 3 is 2.37 bits per heavy atom. The van der Waals surface area contributed by atoms with Crippen LogP contribution in [0.15, 0.2) is 53.4 Å². The third-order valence-corrected chi connectivity index (χ3v) is 6.45. The van der Waals surface area contributed by atoms with Crippen LogP contribution >= 0.6 is 23.2 Å². The van der Waals surface area contributed by atoms with Gasteiger partial charge in [-0.3, -0.25) is 9.59 Å². The van der Waals surface area contributed by atoms with E-state index in [2.05, 4.69) is 4.72 Å². The second kappa shape index (κ2) is 10.8. The average Bonchev–Trinajstić information content (AvgIpc) is 2.72. The minimum Gasteiger partial charge on any atom is -0.454 e. The largest absolute Gasteiger partial charge is 0.454 e. The molecule has 162 valence electrons. The molecule has 7 nitrogen and oxygen atoms in total. The summed E-state index contributed by atoms with van der Waals surface area (Å²) in [5.74, 6) is -1.25. The van der Waals surface area contributed by atoms with Gasteiger partial charge in [-0.25, -0.2) is 8.42 Å². The van der Waals surface area contributed by atoms with Crippen LogP contribution in [0.1, 0.15) is 19.4 Å². The van der Waals surface area contributed by atoms with Crippen molar-refractivity contribution in [1.82, 2.24) is 9.62 Å². The Balaban J connectivity index is 1.92. The number of ether oxygens (including phenoxy) is 1. The molecule has 10 heteroatoms. The van der Waals surface area contributed by atoms with Gasteiger partial charge in [-0.05, 0) is 37.6 Å². The molecule has 0 spiro atoms. The monoisotopic (exact) mass is 472 g/mol. The van der Waals surface area contributed by atoms with Gasteiger partial charge in [0, 0.05) is 13.1 Å². The smallest absolute Gasteiger partial charge is 0.324 e. The van der Waals surface area contributed by atoms with Gasteiger partial charge in [-0.2, -0.15) is 4.72 Å². The fourth-order valence-corrected chi connectivity index (χ4v) is 4.10. The number of hydrogen-bond acceptors (Lipinski definition) is 5. The Morgan fingerprint density at radius 2 is 1.77 bits per heavy atom. The summed E-state index contributed by atoms with van der Waals surface area (Å²) in [4.78, 5) is 25.9. The molecule has 0 bridgehead atoms. The number of hydrogen-bond donors (Lipinski definition) is 1. The lowest BCUT2D eigenvalue weighted by Crippen LogP contribution is -2.41. The molecule has 0 aliphatic rings. The Kier molecular flexibility index (Phi) is 8.66. The number of carbonyl (C=O) groups is 2. The van der Waals surface area contributed by atoms with E-state index in [9.17, 15) is 18.0 Å². The van der Waals surface area contributed by atoms with Crippen molar-refractivity contribution in [3.05, 3.63) is 64.1 Å². The van der Waals surface area contributed by atoms with Crippen molar-refractivity contribution in [2.24, 2.45) is 0 Å². The maximum Gasteiger partial charge on any atom is 0.324 e. The number of likely N-dealkylation sites (N-methyl/N-ethyl adjacent to an activating group) is 1. The summed E-state index contributed by atoms with van der Waals surface area (Å²) in [7, 11) is -4.03. The van der Waals surface area contributed by atoms with E-state index >= 15 is 0 Å². The lowest BCUT2D eigenvalue weighted by atomic mass is 10.2. The molecule has 30 heavy (non-hydrogen) atoms. The van der Waals surface area contributed by atoms with Crippen LogP contribution in [0.2, 0.25) is 10.0 Å². The maximum absolute atomic E-state index is 12.4. The van der Waals surface area contributed by atoms with E-state index in [1.165, 1.54) is 30.0 Å². The van der Waals surface area contributed by atoms with E-state index in [1.54, 1.807) is 0 Å². The van der Waals surface area contributed by atoms with Crippen LogP contribution in [0.5, 0.6) is 0 Å². The van der Waals surface area contributed by atoms with Crippen LogP contribution in [0.3, 0.4) is 0 Å². The first kappa shape index (κ1) is 24.1. The van der Waals surface area contributed by atoms with Gasteiger partial charge >= 0.3 is 5.97 Å². The lowest BCUT2D eigenvalue weighted by molar-refractivity contribution is -0.153. The quantitative estimate of drug-likeness (QED) is 0.565. The first-order chi connectivity index (χ1) is 14.1. The third kappa shape index (κ3) is 6.70. The summed E-state index contributed by atoms with van der Waals surface area (Å²) in [5, 5.41) is 0.274. The number of nitrogens with one attached hydrogen (secondary N) is 1. The molecule has 1 N–H and O–H groups in total. The molecule has 1 amide bonds. The van der Waals surface area contributed by atoms with Gasteiger partial charge in [0.15, 0.2) is 6.61 Å². The number of esters is 1. The molecule has 1 atom stereocenters. The highest BCUT2D eigenvalue weighted by atomic mass is 35.5. The summed E-state index contributed by atoms with van der Waals surface area (Å²) < 4.78 is 32.0. The van der Waals surface area contributed by atoms with Gasteiger partial charge in [0.05, 0.1) is 14.9 Å². The summed E-state index contributed by atoms with van der Waals surface area (Å²) in [6, 6.07) is 12.0. The first-order valence-electron chi connectivity index (χ1n) is 9.09. The molecule has 2 rings (SSSR count). The van der Waals surface area contributed by atoms with Gasteiger partial charge < -0.3 is 9.64 Å². The van der Waals surface area contributed by atoms with Gasteiger partial charge in [0.2, 0.25) is 10.0 Å². The van der Waals surface area contributed by atoms with E-state index in [0.29, 0.717) is 13.1 Å². The van der Waals surface area contributed by atoms with Crippen molar-refractivity contribution < 1.29 is 22.7 Å². The molecule has 0 radical (unpaired) electrons. The van der Waals surface area contributed by atoms with Gasteiger partial charge in [0.1, 0.15) is 6.04 Å². The Hall–Kier alpha value is -2.13. The van der Waals surface area contributed by atoms with E-state index in [4.69, 9.17) is 27.9 Å². The zero-order chi connectivity index (χ0) is 22.3. The SMILES string of the molecule is CCN(Cc1ccccc1)C(=O)COC(=O)[C@H](C)NS(=O)(=O)c1ccc(Cl)c(Cl)c1. The number of sulfonamides is 1. The van der Waals surface area contributed by atoms with Gasteiger partial charge in [-0.15, -0.1) is 0 Å². The van der Waals surface area contributed by atoms with Crippen molar-refractivity contribution in [3.8, 4) is 0 Å². The zero-order valence-corrected chi connectivity index (χ0v) is 18.8. The molecular formula is C20H22Cl2N2O5S. The molecule has 2 aromatic carbocycles. The average molecular weight is 473 g/mol. The molecular weight excluding hydrogens is 451 g/mol. The predicted molar refractivity (Wildman–Crippen MR) is 115 cm³/mol. The van der Waals surface area contributed by atoms with Crippen molar-refractivity contribution in [1.29, 1.82) is 0 Å². The molecule has 0 saturated carbocycles. The van der Waals surface area contributed by atoms with Gasteiger partial charge in [-0.1, -0.05) is 53.5 Å². The van der Waals surface area contributed by atoms with E-state index in [0.717, 1.165) is 5.56 Å². The minimum absolute atomic E-state index is 0.0680. The number of benzene rings is 2. The number of carbonyl (C=O) groups excluding carboxylic acids is 2. The number of nitrogens with zero attached hydrogens (tertiary/aromatic N) is 1. The van der Waals surface area contributed by atoms with E-state index in [1.807, 2.05) is 37.3 Å². The minimum atomic E-state index is -4.03. The fraction of sp³-hybridized carbons (Fsp3) is 0.300. The second-order valence-corrected chi connectivity index (χ2v) is 8.95. The molecule has 0 aromatic heterocycles. The van der Waals surface area contributed by atoms with Crippen molar-refractivity contribution in [2.75, 3.05) is 13.2 Å². The normalized spacial score (nSPS) is 12.3. The molecule has 2 aromatic rings. The predicted octanol–water partition coefficient (Wildman–Crippen LogP) is 3.25. The lowest BCUT2D eigenvalue weighted by Gasteiger charge is -2.21. The van der Waals surface area contributed by atoms with Crippen LogP contribution in [-0.2, 0) is 30.9 Å². The fourth-order valence-electron chi connectivity index (χ4n) is 2.52. The Bertz CT molecular complexity index is 1000. The van der Waals surface area contributed by atoms with Gasteiger partial charge in [0.25, 0.3) is 5.91 Å².